The van der Waals surface area contributed by atoms with Crippen molar-refractivity contribution >= 4 is 29.1 Å². The molecule has 5 heteroatoms. The molecule has 92 valence electrons. The van der Waals surface area contributed by atoms with Gasteiger partial charge in [0.25, 0.3) is 0 Å². The first-order valence-electron chi connectivity index (χ1n) is 5.58. The van der Waals surface area contributed by atoms with Crippen molar-refractivity contribution in [1.82, 2.24) is 5.01 Å². The fourth-order valence-electron chi connectivity index (χ4n) is 2.16. The number of carbonyl (C=O) groups excluding carboxylic acids is 1. The molecule has 1 unspecified atom stereocenters. The van der Waals surface area contributed by atoms with E-state index < -0.39 is 0 Å². The van der Waals surface area contributed by atoms with Crippen LogP contribution in [-0.2, 0) is 4.79 Å². The van der Waals surface area contributed by atoms with Crippen molar-refractivity contribution in [2.45, 2.75) is 25.2 Å². The van der Waals surface area contributed by atoms with Crippen molar-refractivity contribution < 1.29 is 4.79 Å². The van der Waals surface area contributed by atoms with Crippen LogP contribution in [-0.4, -0.2) is 17.5 Å². The minimum atomic E-state index is -0.00866. The van der Waals surface area contributed by atoms with Gasteiger partial charge in [-0.05, 0) is 24.5 Å². The third kappa shape index (κ3) is 2.73. The Morgan fingerprint density at radius 1 is 1.35 bits per heavy atom. The second-order valence-electron chi connectivity index (χ2n) is 4.28. The highest BCUT2D eigenvalue weighted by atomic mass is 35.5. The summed E-state index contributed by atoms with van der Waals surface area (Å²) in [7, 11) is 0. The zero-order chi connectivity index (χ0) is 12.4. The summed E-state index contributed by atoms with van der Waals surface area (Å²) >= 11 is 12.2. The highest BCUT2D eigenvalue weighted by molar-refractivity contribution is 6.42. The molecule has 1 fully saturated rings. The molecule has 3 nitrogen and oxygen atoms in total. The number of hydrazine groups is 1. The lowest BCUT2D eigenvalue weighted by molar-refractivity contribution is -0.131. The topological polar surface area (TPSA) is 46.3 Å². The smallest absolute Gasteiger partial charge is 0.236 e. The van der Waals surface area contributed by atoms with Crippen LogP contribution in [0.5, 0.6) is 0 Å². The van der Waals surface area contributed by atoms with Crippen molar-refractivity contribution in [3.8, 4) is 0 Å². The maximum absolute atomic E-state index is 11.5. The summed E-state index contributed by atoms with van der Waals surface area (Å²) < 4.78 is 0. The Morgan fingerprint density at radius 3 is 2.88 bits per heavy atom. The van der Waals surface area contributed by atoms with Crippen LogP contribution >= 0.6 is 23.2 Å². The molecular weight excluding hydrogens is 259 g/mol. The molecule has 1 aliphatic heterocycles. The molecule has 1 atom stereocenters. The highest BCUT2D eigenvalue weighted by Gasteiger charge is 2.24. The molecule has 2 N–H and O–H groups in total. The molecule has 1 heterocycles. The fourth-order valence-corrected chi connectivity index (χ4v) is 2.63. The second kappa shape index (κ2) is 5.25. The predicted octanol–water partition coefficient (Wildman–Crippen LogP) is 2.96. The van der Waals surface area contributed by atoms with Gasteiger partial charge in [0, 0.05) is 18.9 Å². The van der Waals surface area contributed by atoms with E-state index in [2.05, 4.69) is 0 Å². The van der Waals surface area contributed by atoms with Gasteiger partial charge >= 0.3 is 0 Å². The first-order valence-corrected chi connectivity index (χ1v) is 6.34. The number of halogens is 2. The van der Waals surface area contributed by atoms with Crippen molar-refractivity contribution in [1.29, 1.82) is 0 Å². The number of amides is 1. The summed E-state index contributed by atoms with van der Waals surface area (Å²) in [6, 6.07) is 5.58. The molecule has 0 bridgehead atoms. The first kappa shape index (κ1) is 12.7. The van der Waals surface area contributed by atoms with Gasteiger partial charge in [-0.15, -0.1) is 0 Å². The van der Waals surface area contributed by atoms with Crippen LogP contribution in [0.4, 0.5) is 0 Å². The first-order chi connectivity index (χ1) is 8.09. The molecule has 1 aromatic rings. The minimum Gasteiger partial charge on any atom is -0.280 e. The standard InChI is InChI=1S/C12H14Cl2N2O/c13-10-5-2-4-9(12(10)14)8-3-1-6-11(17)16(15)7-8/h2,4-5,8H,1,3,6-7,15H2. The Labute approximate surface area is 110 Å². The Morgan fingerprint density at radius 2 is 2.12 bits per heavy atom. The van der Waals surface area contributed by atoms with E-state index in [0.29, 0.717) is 23.0 Å². The van der Waals surface area contributed by atoms with E-state index in [4.69, 9.17) is 29.0 Å². The average molecular weight is 273 g/mol. The molecular formula is C12H14Cl2N2O. The largest absolute Gasteiger partial charge is 0.280 e. The van der Waals surface area contributed by atoms with E-state index in [-0.39, 0.29) is 11.8 Å². The molecule has 1 amide bonds. The molecule has 2 rings (SSSR count). The number of rotatable bonds is 1. The van der Waals surface area contributed by atoms with Crippen molar-refractivity contribution in [2.75, 3.05) is 6.54 Å². The lowest BCUT2D eigenvalue weighted by Crippen LogP contribution is -2.38. The molecule has 0 aliphatic carbocycles. The Hall–Kier alpha value is -0.770. The van der Waals surface area contributed by atoms with Crippen molar-refractivity contribution in [3.63, 3.8) is 0 Å². The maximum atomic E-state index is 11.5. The SMILES string of the molecule is NN1CC(c2cccc(Cl)c2Cl)CCCC1=O. The predicted molar refractivity (Wildman–Crippen MR) is 69.0 cm³/mol. The Kier molecular flexibility index (Phi) is 3.92. The van der Waals surface area contributed by atoms with Crippen molar-refractivity contribution in [3.05, 3.63) is 33.8 Å². The molecule has 0 radical (unpaired) electrons. The number of hydrogen-bond donors (Lipinski definition) is 1. The summed E-state index contributed by atoms with van der Waals surface area (Å²) in [5.74, 6) is 5.86. The van der Waals surface area contributed by atoms with E-state index in [1.165, 1.54) is 5.01 Å². The average Bonchev–Trinajstić information content (AvgIpc) is 2.46. The molecule has 1 saturated heterocycles. The van der Waals surface area contributed by atoms with Crippen LogP contribution in [0.3, 0.4) is 0 Å². The summed E-state index contributed by atoms with van der Waals surface area (Å²) in [6.07, 6.45) is 2.24. The van der Waals surface area contributed by atoms with E-state index in [1.54, 1.807) is 6.07 Å². The third-order valence-corrected chi connectivity index (χ3v) is 3.94. The monoisotopic (exact) mass is 272 g/mol. The van der Waals surface area contributed by atoms with Gasteiger partial charge in [0.05, 0.1) is 10.0 Å². The second-order valence-corrected chi connectivity index (χ2v) is 5.06. The number of benzene rings is 1. The highest BCUT2D eigenvalue weighted by Crippen LogP contribution is 2.34. The third-order valence-electron chi connectivity index (χ3n) is 3.10. The summed E-state index contributed by atoms with van der Waals surface area (Å²) in [6.45, 7) is 0.499. The van der Waals surface area contributed by atoms with Gasteiger partial charge < -0.3 is 0 Å². The number of nitrogens with two attached hydrogens (primary N) is 1. The van der Waals surface area contributed by atoms with Crippen LogP contribution in [0.25, 0.3) is 0 Å². The fraction of sp³-hybridized carbons (Fsp3) is 0.417. The zero-order valence-corrected chi connectivity index (χ0v) is 10.8. The van der Waals surface area contributed by atoms with Crippen LogP contribution in [0.15, 0.2) is 18.2 Å². The van der Waals surface area contributed by atoms with Crippen molar-refractivity contribution in [2.24, 2.45) is 5.84 Å². The summed E-state index contributed by atoms with van der Waals surface area (Å²) in [5.41, 5.74) is 0.976. The van der Waals surface area contributed by atoms with E-state index in [0.717, 1.165) is 18.4 Å². The van der Waals surface area contributed by atoms with E-state index in [9.17, 15) is 4.79 Å². The van der Waals surface area contributed by atoms with E-state index in [1.807, 2.05) is 12.1 Å². The van der Waals surface area contributed by atoms with Gasteiger partial charge in [-0.3, -0.25) is 9.80 Å². The number of nitrogens with zero attached hydrogens (tertiary/aromatic N) is 1. The van der Waals surface area contributed by atoms with Gasteiger partial charge in [0.15, 0.2) is 0 Å². The van der Waals surface area contributed by atoms with E-state index >= 15 is 0 Å². The van der Waals surface area contributed by atoms with Gasteiger partial charge in [-0.1, -0.05) is 35.3 Å². The number of hydrogen-bond acceptors (Lipinski definition) is 2. The van der Waals surface area contributed by atoms with Crippen LogP contribution < -0.4 is 5.84 Å². The normalized spacial score (nSPS) is 21.5. The maximum Gasteiger partial charge on any atom is 0.236 e. The van der Waals surface area contributed by atoms with Gasteiger partial charge in [0.2, 0.25) is 5.91 Å². The quantitative estimate of drug-likeness (QED) is 0.631. The van der Waals surface area contributed by atoms with Gasteiger partial charge in [0.1, 0.15) is 0 Å². The number of carbonyl (C=O) groups is 1. The summed E-state index contributed by atoms with van der Waals surface area (Å²) in [5, 5.41) is 2.40. The van der Waals surface area contributed by atoms with Crippen LogP contribution in [0.1, 0.15) is 30.7 Å². The summed E-state index contributed by atoms with van der Waals surface area (Å²) in [4.78, 5) is 11.5. The molecule has 0 saturated carbocycles. The Bertz CT molecular complexity index is 437. The lowest BCUT2D eigenvalue weighted by Gasteiger charge is -2.21. The zero-order valence-electron chi connectivity index (χ0n) is 9.33. The van der Waals surface area contributed by atoms with Crippen LogP contribution in [0, 0.1) is 0 Å². The molecule has 0 spiro atoms. The van der Waals surface area contributed by atoms with Gasteiger partial charge in [-0.25, -0.2) is 5.84 Å². The van der Waals surface area contributed by atoms with Crippen LogP contribution in [0.2, 0.25) is 10.0 Å². The minimum absolute atomic E-state index is 0.00866. The molecule has 1 aromatic carbocycles. The van der Waals surface area contributed by atoms with Gasteiger partial charge in [-0.2, -0.15) is 0 Å². The molecule has 0 aromatic heterocycles. The Balaban J connectivity index is 2.27. The molecule has 17 heavy (non-hydrogen) atoms. The lowest BCUT2D eigenvalue weighted by atomic mass is 9.94. The molecule has 1 aliphatic rings.